The van der Waals surface area contributed by atoms with Crippen molar-refractivity contribution in [2.24, 2.45) is 0 Å². The van der Waals surface area contributed by atoms with E-state index in [9.17, 15) is 4.79 Å². The van der Waals surface area contributed by atoms with E-state index < -0.39 is 0 Å². The van der Waals surface area contributed by atoms with E-state index in [0.717, 1.165) is 11.3 Å². The lowest BCUT2D eigenvalue weighted by atomic mass is 10.2. The highest BCUT2D eigenvalue weighted by molar-refractivity contribution is 5.93. The lowest BCUT2D eigenvalue weighted by Gasteiger charge is -2.20. The molecular weight excluding hydrogens is 338 g/mol. The number of carbonyl (C=O) groups is 1. The van der Waals surface area contributed by atoms with E-state index in [2.05, 4.69) is 21.4 Å². The Hall–Kier alpha value is -3.72. The number of nitrogens with one attached hydrogen (secondary N) is 1. The number of hydrogen-bond acceptors (Lipinski definition) is 5. The van der Waals surface area contributed by atoms with Crippen LogP contribution in [0.15, 0.2) is 67.0 Å². The van der Waals surface area contributed by atoms with Crippen molar-refractivity contribution in [1.82, 2.24) is 14.9 Å². The Labute approximate surface area is 158 Å². The average Bonchev–Trinajstić information content (AvgIpc) is 2.72. The maximum atomic E-state index is 12.9. The van der Waals surface area contributed by atoms with Gasteiger partial charge in [-0.25, -0.2) is 9.97 Å². The first-order valence-electron chi connectivity index (χ1n) is 8.62. The van der Waals surface area contributed by atoms with Gasteiger partial charge in [-0.15, -0.1) is 0 Å². The third kappa shape index (κ3) is 4.67. The van der Waals surface area contributed by atoms with Crippen LogP contribution in [-0.4, -0.2) is 27.3 Å². The van der Waals surface area contributed by atoms with Crippen LogP contribution >= 0.6 is 0 Å². The van der Waals surface area contributed by atoms with Gasteiger partial charge in [-0.2, -0.15) is 5.26 Å². The molecule has 0 unspecified atom stereocenters. The fourth-order valence-corrected chi connectivity index (χ4v) is 2.65. The number of nitrogens with zero attached hydrogens (tertiary/aromatic N) is 4. The Bertz CT molecular complexity index is 966. The minimum atomic E-state index is -0.155. The molecule has 0 radical (unpaired) electrons. The molecule has 0 atom stereocenters. The van der Waals surface area contributed by atoms with Gasteiger partial charge in [0.1, 0.15) is 17.8 Å². The summed E-state index contributed by atoms with van der Waals surface area (Å²) in [4.78, 5) is 22.9. The predicted molar refractivity (Wildman–Crippen MR) is 103 cm³/mol. The molecule has 0 spiro atoms. The maximum Gasteiger partial charge on any atom is 0.272 e. The van der Waals surface area contributed by atoms with Gasteiger partial charge in [-0.05, 0) is 30.7 Å². The fourth-order valence-electron chi connectivity index (χ4n) is 2.65. The number of carbonyl (C=O) groups excluding carboxylic acids is 1. The van der Waals surface area contributed by atoms with Crippen molar-refractivity contribution in [3.05, 3.63) is 83.8 Å². The van der Waals surface area contributed by atoms with Gasteiger partial charge in [0.25, 0.3) is 5.91 Å². The van der Waals surface area contributed by atoms with E-state index in [-0.39, 0.29) is 5.91 Å². The first-order valence-corrected chi connectivity index (χ1v) is 8.62. The second-order valence-corrected chi connectivity index (χ2v) is 5.91. The van der Waals surface area contributed by atoms with E-state index in [1.165, 1.54) is 6.33 Å². The molecule has 6 heteroatoms. The zero-order chi connectivity index (χ0) is 19.1. The van der Waals surface area contributed by atoms with E-state index in [1.807, 2.05) is 43.3 Å². The van der Waals surface area contributed by atoms with Crippen LogP contribution in [0.2, 0.25) is 0 Å². The number of benzene rings is 2. The van der Waals surface area contributed by atoms with E-state index in [4.69, 9.17) is 5.26 Å². The average molecular weight is 357 g/mol. The van der Waals surface area contributed by atoms with Crippen LogP contribution in [0.3, 0.4) is 0 Å². The van der Waals surface area contributed by atoms with Gasteiger partial charge in [-0.3, -0.25) is 4.79 Å². The summed E-state index contributed by atoms with van der Waals surface area (Å²) < 4.78 is 0. The van der Waals surface area contributed by atoms with Crippen LogP contribution in [-0.2, 0) is 6.54 Å². The quantitative estimate of drug-likeness (QED) is 0.726. The Morgan fingerprint density at radius 3 is 2.67 bits per heavy atom. The number of amides is 1. The molecule has 0 saturated heterocycles. The molecule has 3 aromatic rings. The minimum Gasteiger partial charge on any atom is -0.340 e. The van der Waals surface area contributed by atoms with Gasteiger partial charge < -0.3 is 10.2 Å². The summed E-state index contributed by atoms with van der Waals surface area (Å²) in [6.45, 7) is 3.03. The third-order valence-electron chi connectivity index (χ3n) is 4.04. The van der Waals surface area contributed by atoms with E-state index in [0.29, 0.717) is 30.2 Å². The molecule has 6 nitrogen and oxygen atoms in total. The summed E-state index contributed by atoms with van der Waals surface area (Å²) in [5, 5.41) is 12.1. The van der Waals surface area contributed by atoms with Gasteiger partial charge in [0, 0.05) is 24.8 Å². The van der Waals surface area contributed by atoms with Crippen LogP contribution in [0.5, 0.6) is 0 Å². The standard InChI is InChI=1S/C21H19N5O/c1-2-26(14-16-7-4-3-5-8-16)21(27)19-12-20(24-15-23-19)25-18-10-6-9-17(11-18)13-22/h3-12,15H,2,14H2,1H3,(H,23,24,25). The Kier molecular flexibility index (Phi) is 5.75. The lowest BCUT2D eigenvalue weighted by molar-refractivity contribution is 0.0746. The summed E-state index contributed by atoms with van der Waals surface area (Å²) >= 11 is 0. The molecule has 1 heterocycles. The van der Waals surface area contributed by atoms with Crippen molar-refractivity contribution in [3.8, 4) is 6.07 Å². The molecule has 0 saturated carbocycles. The summed E-state index contributed by atoms with van der Waals surface area (Å²) in [6, 6.07) is 20.6. The van der Waals surface area contributed by atoms with Crippen molar-refractivity contribution in [1.29, 1.82) is 5.26 Å². The smallest absolute Gasteiger partial charge is 0.272 e. The monoisotopic (exact) mass is 357 g/mol. The van der Waals surface area contributed by atoms with Gasteiger partial charge in [0.2, 0.25) is 0 Å². The van der Waals surface area contributed by atoms with Crippen molar-refractivity contribution in [2.75, 3.05) is 11.9 Å². The van der Waals surface area contributed by atoms with Gasteiger partial charge in [0.05, 0.1) is 11.6 Å². The molecule has 1 N–H and O–H groups in total. The van der Waals surface area contributed by atoms with Crippen molar-refractivity contribution >= 4 is 17.4 Å². The lowest BCUT2D eigenvalue weighted by Crippen LogP contribution is -2.31. The highest BCUT2D eigenvalue weighted by atomic mass is 16.2. The Morgan fingerprint density at radius 2 is 1.93 bits per heavy atom. The molecule has 0 bridgehead atoms. The van der Waals surface area contributed by atoms with E-state index >= 15 is 0 Å². The van der Waals surface area contributed by atoms with E-state index in [1.54, 1.807) is 29.2 Å². The molecule has 0 aliphatic heterocycles. The molecule has 134 valence electrons. The van der Waals surface area contributed by atoms with Gasteiger partial charge in [0.15, 0.2) is 0 Å². The number of aromatic nitrogens is 2. The molecule has 27 heavy (non-hydrogen) atoms. The molecule has 0 aliphatic carbocycles. The predicted octanol–water partition coefficient (Wildman–Crippen LogP) is 3.75. The van der Waals surface area contributed by atoms with Crippen molar-refractivity contribution in [3.63, 3.8) is 0 Å². The Morgan fingerprint density at radius 1 is 1.11 bits per heavy atom. The zero-order valence-electron chi connectivity index (χ0n) is 15.0. The SMILES string of the molecule is CCN(Cc1ccccc1)C(=O)c1cc(Nc2cccc(C#N)c2)ncn1. The van der Waals surface area contributed by atoms with Crippen molar-refractivity contribution < 1.29 is 4.79 Å². The molecule has 0 fully saturated rings. The normalized spacial score (nSPS) is 10.1. The zero-order valence-corrected chi connectivity index (χ0v) is 15.0. The number of nitriles is 1. The molecule has 2 aromatic carbocycles. The molecule has 0 aliphatic rings. The second kappa shape index (κ2) is 8.59. The second-order valence-electron chi connectivity index (χ2n) is 5.91. The summed E-state index contributed by atoms with van der Waals surface area (Å²) in [6.07, 6.45) is 1.36. The number of anilines is 2. The first-order chi connectivity index (χ1) is 13.2. The maximum absolute atomic E-state index is 12.9. The van der Waals surface area contributed by atoms with Crippen LogP contribution < -0.4 is 5.32 Å². The summed E-state index contributed by atoms with van der Waals surface area (Å²) in [5.74, 6) is 0.344. The fraction of sp³-hybridized carbons (Fsp3) is 0.143. The number of rotatable bonds is 6. The highest BCUT2D eigenvalue weighted by Gasteiger charge is 2.16. The van der Waals surface area contributed by atoms with Crippen LogP contribution in [0, 0.1) is 11.3 Å². The topological polar surface area (TPSA) is 81.9 Å². The molecule has 3 rings (SSSR count). The molecule has 1 amide bonds. The third-order valence-corrected chi connectivity index (χ3v) is 4.04. The van der Waals surface area contributed by atoms with Crippen LogP contribution in [0.4, 0.5) is 11.5 Å². The first kappa shape index (κ1) is 18.1. The Balaban J connectivity index is 1.77. The van der Waals surface area contributed by atoms with Gasteiger partial charge >= 0.3 is 0 Å². The largest absolute Gasteiger partial charge is 0.340 e. The van der Waals surface area contributed by atoms with Crippen molar-refractivity contribution in [2.45, 2.75) is 13.5 Å². The summed E-state index contributed by atoms with van der Waals surface area (Å²) in [5.41, 5.74) is 2.66. The van der Waals surface area contributed by atoms with Crippen LogP contribution in [0.25, 0.3) is 0 Å². The highest BCUT2D eigenvalue weighted by Crippen LogP contribution is 2.17. The summed E-state index contributed by atoms with van der Waals surface area (Å²) in [7, 11) is 0. The van der Waals surface area contributed by atoms with Crippen LogP contribution in [0.1, 0.15) is 28.5 Å². The molecular formula is C21H19N5O. The van der Waals surface area contributed by atoms with Gasteiger partial charge in [-0.1, -0.05) is 36.4 Å². The minimum absolute atomic E-state index is 0.155. The molecule has 1 aromatic heterocycles. The number of hydrogen-bond donors (Lipinski definition) is 1.